The number of esters is 1. The van der Waals surface area contributed by atoms with Crippen LogP contribution in [0.2, 0.25) is 0 Å². The second-order valence-corrected chi connectivity index (χ2v) is 11.7. The van der Waals surface area contributed by atoms with Crippen molar-refractivity contribution < 1.29 is 45.4 Å². The number of carbonyl (C=O) groups excluding carboxylic acids is 3. The number of benzene rings is 1. The van der Waals surface area contributed by atoms with Gasteiger partial charge in [0.2, 0.25) is 20.9 Å². The van der Waals surface area contributed by atoms with Crippen molar-refractivity contribution >= 4 is 43.8 Å². The Kier molecular flexibility index (Phi) is 9.86. The summed E-state index contributed by atoms with van der Waals surface area (Å²) in [6.45, 7) is 4.50. The summed E-state index contributed by atoms with van der Waals surface area (Å²) in [6, 6.07) is 6.66. The molecule has 0 unspecified atom stereocenters. The fraction of sp³-hybridized carbons (Fsp3) is 0.346. The highest BCUT2D eigenvalue weighted by molar-refractivity contribution is 7.91. The second-order valence-electron chi connectivity index (χ2n) is 8.63. The maximum Gasteiger partial charge on any atom is 0.433 e. The first-order valence-corrected chi connectivity index (χ1v) is 14.6. The molecule has 0 bridgehead atoms. The Morgan fingerprint density at radius 3 is 2.41 bits per heavy atom. The first kappa shape index (κ1) is 31.7. The summed E-state index contributed by atoms with van der Waals surface area (Å²) in [5.74, 6) is -2.29. The van der Waals surface area contributed by atoms with Crippen LogP contribution >= 0.6 is 11.3 Å². The van der Waals surface area contributed by atoms with Crippen LogP contribution in [0.5, 0.6) is 5.75 Å². The van der Waals surface area contributed by atoms with E-state index < -0.39 is 44.5 Å². The van der Waals surface area contributed by atoms with Crippen LogP contribution in [0.15, 0.2) is 35.5 Å². The number of para-hydroxylation sites is 1. The van der Waals surface area contributed by atoms with Gasteiger partial charge < -0.3 is 14.8 Å². The van der Waals surface area contributed by atoms with Gasteiger partial charge in [0, 0.05) is 12.0 Å². The van der Waals surface area contributed by atoms with Crippen LogP contribution < -0.4 is 10.1 Å². The molecule has 0 aliphatic carbocycles. The molecular formula is C26H26F3N3O7S2. The molecular weight excluding hydrogens is 587 g/mol. The third-order valence-electron chi connectivity index (χ3n) is 5.67. The van der Waals surface area contributed by atoms with Crippen molar-refractivity contribution in [2.45, 2.75) is 44.9 Å². The molecule has 0 fully saturated rings. The summed E-state index contributed by atoms with van der Waals surface area (Å²) in [6.07, 6.45) is -5.62. The predicted molar refractivity (Wildman–Crippen MR) is 144 cm³/mol. The van der Waals surface area contributed by atoms with E-state index in [2.05, 4.69) is 15.3 Å². The number of alkyl halides is 3. The minimum Gasteiger partial charge on any atom is -0.496 e. The van der Waals surface area contributed by atoms with Crippen molar-refractivity contribution in [1.82, 2.24) is 9.97 Å². The van der Waals surface area contributed by atoms with Gasteiger partial charge in [0.15, 0.2) is 5.78 Å². The van der Waals surface area contributed by atoms with Gasteiger partial charge in [0.1, 0.15) is 16.4 Å². The molecule has 3 aromatic rings. The molecule has 0 radical (unpaired) electrons. The van der Waals surface area contributed by atoms with Gasteiger partial charge in [-0.25, -0.2) is 23.2 Å². The van der Waals surface area contributed by atoms with E-state index in [-0.39, 0.29) is 57.7 Å². The Bertz CT molecular complexity index is 1590. The number of hydrogen-bond acceptors (Lipinski definition) is 10. The number of amides is 1. The highest BCUT2D eigenvalue weighted by Gasteiger charge is 2.36. The quantitative estimate of drug-likeness (QED) is 0.177. The average molecular weight is 614 g/mol. The molecule has 0 atom stereocenters. The summed E-state index contributed by atoms with van der Waals surface area (Å²) in [7, 11) is -3.16. The number of carbonyl (C=O) groups is 3. The number of nitrogens with one attached hydrogen (secondary N) is 1. The number of aromatic nitrogens is 2. The molecule has 0 aliphatic heterocycles. The first-order chi connectivity index (χ1) is 19.2. The van der Waals surface area contributed by atoms with E-state index in [1.165, 1.54) is 39.2 Å². The Morgan fingerprint density at radius 1 is 1.12 bits per heavy atom. The second kappa shape index (κ2) is 12.8. The van der Waals surface area contributed by atoms with Gasteiger partial charge in [0.05, 0.1) is 35.6 Å². The molecule has 15 heteroatoms. The number of anilines is 1. The Balaban J connectivity index is 1.82. The van der Waals surface area contributed by atoms with Crippen molar-refractivity contribution in [2.24, 2.45) is 0 Å². The lowest BCUT2D eigenvalue weighted by molar-refractivity contribution is -0.141. The van der Waals surface area contributed by atoms with Crippen molar-refractivity contribution in [3.8, 4) is 17.0 Å². The summed E-state index contributed by atoms with van der Waals surface area (Å²) in [5, 5.41) is 1.53. The highest BCUT2D eigenvalue weighted by atomic mass is 32.2. The minimum absolute atomic E-state index is 0.0178. The van der Waals surface area contributed by atoms with Crippen LogP contribution in [0, 0.1) is 6.92 Å². The zero-order valence-corrected chi connectivity index (χ0v) is 24.1. The Labute approximate surface area is 237 Å². The monoisotopic (exact) mass is 613 g/mol. The molecule has 1 aromatic carbocycles. The molecule has 41 heavy (non-hydrogen) atoms. The number of methoxy groups -OCH3 is 1. The number of Topliss-reactive ketones (excluding diaryl/α,β-unsaturated/α-hetero) is 1. The van der Waals surface area contributed by atoms with E-state index in [0.717, 1.165) is 11.3 Å². The number of halogens is 3. The van der Waals surface area contributed by atoms with E-state index in [4.69, 9.17) is 9.47 Å². The van der Waals surface area contributed by atoms with Crippen molar-refractivity contribution in [3.05, 3.63) is 52.0 Å². The number of nitrogens with zero attached hydrogens (tertiary/aromatic N) is 2. The number of sulfone groups is 1. The van der Waals surface area contributed by atoms with E-state index in [1.54, 1.807) is 13.0 Å². The van der Waals surface area contributed by atoms with Crippen LogP contribution in [-0.2, 0) is 25.5 Å². The zero-order valence-electron chi connectivity index (χ0n) is 22.4. The average Bonchev–Trinajstić information content (AvgIpc) is 3.23. The molecule has 0 spiro atoms. The molecule has 3 rings (SSSR count). The van der Waals surface area contributed by atoms with Crippen molar-refractivity contribution in [1.29, 1.82) is 0 Å². The standard InChI is InChI=1S/C26H26F3N3O7S2/c1-5-39-24(35)21-14(2)22(15(3)33)40-23(21)32-20(34)11-8-12-41(36,37)25-30-17(13-19(31-25)26(27,28)29)16-9-6-7-10-18(16)38-4/h6-7,9-10,13H,5,8,11-12H2,1-4H3,(H,32,34). The molecule has 0 aliphatic rings. The van der Waals surface area contributed by atoms with Gasteiger partial charge in [0.25, 0.3) is 0 Å². The predicted octanol–water partition coefficient (Wildman–Crippen LogP) is 5.11. The van der Waals surface area contributed by atoms with Crippen molar-refractivity contribution in [2.75, 3.05) is 24.8 Å². The molecule has 1 amide bonds. The van der Waals surface area contributed by atoms with Gasteiger partial charge in [-0.15, -0.1) is 11.3 Å². The third kappa shape index (κ3) is 7.47. The zero-order chi connectivity index (χ0) is 30.5. The number of hydrogen-bond donors (Lipinski definition) is 1. The molecule has 2 aromatic heterocycles. The topological polar surface area (TPSA) is 142 Å². The molecule has 1 N–H and O–H groups in total. The van der Waals surface area contributed by atoms with Crippen LogP contribution in [0.1, 0.15) is 58.0 Å². The maximum atomic E-state index is 13.6. The smallest absolute Gasteiger partial charge is 0.433 e. The number of rotatable bonds is 11. The van der Waals surface area contributed by atoms with Gasteiger partial charge in [-0.05, 0) is 51.0 Å². The number of ether oxygens (including phenoxy) is 2. The largest absolute Gasteiger partial charge is 0.496 e. The lowest BCUT2D eigenvalue weighted by atomic mass is 10.1. The fourth-order valence-electron chi connectivity index (χ4n) is 3.79. The minimum atomic E-state index is -4.96. The summed E-state index contributed by atoms with van der Waals surface area (Å²) < 4.78 is 76.9. The number of ketones is 1. The number of thiophene rings is 1. The van der Waals surface area contributed by atoms with Crippen molar-refractivity contribution in [3.63, 3.8) is 0 Å². The van der Waals surface area contributed by atoms with E-state index in [9.17, 15) is 36.0 Å². The third-order valence-corrected chi connectivity index (χ3v) is 8.55. The maximum absolute atomic E-state index is 13.6. The van der Waals surface area contributed by atoms with Gasteiger partial charge >= 0.3 is 12.1 Å². The Morgan fingerprint density at radius 2 is 1.80 bits per heavy atom. The van der Waals surface area contributed by atoms with Crippen LogP contribution in [-0.4, -0.2) is 55.5 Å². The van der Waals surface area contributed by atoms with E-state index in [0.29, 0.717) is 11.6 Å². The van der Waals surface area contributed by atoms with Gasteiger partial charge in [-0.3, -0.25) is 9.59 Å². The lowest BCUT2D eigenvalue weighted by Crippen LogP contribution is -2.19. The lowest BCUT2D eigenvalue weighted by Gasteiger charge is -2.13. The van der Waals surface area contributed by atoms with E-state index >= 15 is 0 Å². The van der Waals surface area contributed by atoms with E-state index in [1.807, 2.05) is 0 Å². The molecule has 0 saturated carbocycles. The summed E-state index contributed by atoms with van der Waals surface area (Å²) in [5.41, 5.74) is -1.27. The van der Waals surface area contributed by atoms with Crippen LogP contribution in [0.3, 0.4) is 0 Å². The molecule has 0 saturated heterocycles. The Hall–Kier alpha value is -3.85. The molecule has 2 heterocycles. The fourth-order valence-corrected chi connectivity index (χ4v) is 6.08. The molecule has 220 valence electrons. The SMILES string of the molecule is CCOC(=O)c1c(NC(=O)CCCS(=O)(=O)c2nc(-c3ccccc3OC)cc(C(F)(F)F)n2)sc(C(C)=O)c1C. The summed E-state index contributed by atoms with van der Waals surface area (Å²) in [4.78, 5) is 44.4. The highest BCUT2D eigenvalue weighted by Crippen LogP contribution is 2.35. The van der Waals surface area contributed by atoms with Crippen LogP contribution in [0.25, 0.3) is 11.3 Å². The summed E-state index contributed by atoms with van der Waals surface area (Å²) >= 11 is 0.882. The molecule has 10 nitrogen and oxygen atoms in total. The van der Waals surface area contributed by atoms with Gasteiger partial charge in [-0.1, -0.05) is 12.1 Å². The van der Waals surface area contributed by atoms with Gasteiger partial charge in [-0.2, -0.15) is 13.2 Å². The normalized spacial score (nSPS) is 11.7. The first-order valence-electron chi connectivity index (χ1n) is 12.1. The van der Waals surface area contributed by atoms with Crippen LogP contribution in [0.4, 0.5) is 18.2 Å².